The van der Waals surface area contributed by atoms with Crippen LogP contribution in [0.25, 0.3) is 5.57 Å². The third kappa shape index (κ3) is 5.36. The van der Waals surface area contributed by atoms with E-state index in [1.165, 1.54) is 0 Å². The molecule has 0 atom stereocenters. The first-order valence-electron chi connectivity index (χ1n) is 9.42. The summed E-state index contributed by atoms with van der Waals surface area (Å²) in [5.41, 5.74) is 11.5. The molecule has 0 bridgehead atoms. The molecule has 5 heteroatoms. The molecule has 2 N–H and O–H groups in total. The van der Waals surface area contributed by atoms with Crippen molar-refractivity contribution in [1.82, 2.24) is 0 Å². The number of nitrogens with zero attached hydrogens (tertiary/aromatic N) is 2. The van der Waals surface area contributed by atoms with Gasteiger partial charge >= 0.3 is 0 Å². The molecule has 0 fully saturated rings. The van der Waals surface area contributed by atoms with Gasteiger partial charge in [0.15, 0.2) is 0 Å². The topological polar surface area (TPSA) is 58.8 Å². The molecule has 28 heavy (non-hydrogen) atoms. The Bertz CT molecular complexity index is 753. The van der Waals surface area contributed by atoms with E-state index in [0.717, 1.165) is 34.5 Å². The van der Waals surface area contributed by atoms with E-state index in [-0.39, 0.29) is 5.91 Å². The maximum atomic E-state index is 12.3. The smallest absolute Gasteiger partial charge is 0.245 e. The van der Waals surface area contributed by atoms with Crippen LogP contribution in [0.15, 0.2) is 54.1 Å². The number of hydrogen-bond acceptors (Lipinski definition) is 4. The lowest BCUT2D eigenvalue weighted by Crippen LogP contribution is -2.17. The monoisotopic (exact) mass is 381 g/mol. The molecule has 0 saturated heterocycles. The van der Waals surface area contributed by atoms with Crippen LogP contribution in [-0.2, 0) is 9.53 Å². The molecule has 2 aromatic carbocycles. The van der Waals surface area contributed by atoms with Crippen molar-refractivity contribution in [2.45, 2.75) is 12.8 Å². The molecule has 0 aliphatic carbocycles. The second-order valence-corrected chi connectivity index (χ2v) is 7.20. The highest BCUT2D eigenvalue weighted by atomic mass is 16.5. The Morgan fingerprint density at radius 2 is 1.29 bits per heavy atom. The van der Waals surface area contributed by atoms with Gasteiger partial charge in [-0.1, -0.05) is 24.3 Å². The van der Waals surface area contributed by atoms with Crippen LogP contribution in [0.3, 0.4) is 0 Å². The maximum absolute atomic E-state index is 12.3. The number of nitrogens with two attached hydrogens (primary N) is 1. The van der Waals surface area contributed by atoms with E-state index in [0.29, 0.717) is 18.6 Å². The van der Waals surface area contributed by atoms with E-state index in [1.807, 2.05) is 62.3 Å². The zero-order valence-electron chi connectivity index (χ0n) is 17.5. The third-order valence-corrected chi connectivity index (χ3v) is 4.72. The Kier molecular flexibility index (Phi) is 7.64. The number of anilines is 2. The molecule has 2 aromatic rings. The fourth-order valence-electron chi connectivity index (χ4n) is 3.13. The molecule has 0 saturated carbocycles. The maximum Gasteiger partial charge on any atom is 0.245 e. The van der Waals surface area contributed by atoms with Crippen molar-refractivity contribution in [2.24, 2.45) is 5.73 Å². The normalized spacial score (nSPS) is 10.5. The number of methoxy groups -OCH3 is 1. The molecule has 0 heterocycles. The predicted molar refractivity (Wildman–Crippen MR) is 118 cm³/mol. The summed E-state index contributed by atoms with van der Waals surface area (Å²) in [5, 5.41) is 0. The molecular weight excluding hydrogens is 350 g/mol. The number of carbonyl (C=O) groups excluding carboxylic acids is 1. The minimum absolute atomic E-state index is 0.389. The van der Waals surface area contributed by atoms with Gasteiger partial charge in [0.2, 0.25) is 5.91 Å². The van der Waals surface area contributed by atoms with Gasteiger partial charge in [-0.05, 0) is 53.8 Å². The van der Waals surface area contributed by atoms with Gasteiger partial charge in [-0.3, -0.25) is 4.79 Å². The van der Waals surface area contributed by atoms with Gasteiger partial charge in [0.1, 0.15) is 0 Å². The Morgan fingerprint density at radius 1 is 0.857 bits per heavy atom. The van der Waals surface area contributed by atoms with Gasteiger partial charge in [0.05, 0.1) is 0 Å². The summed E-state index contributed by atoms with van der Waals surface area (Å²) < 4.78 is 5.16. The van der Waals surface area contributed by atoms with Gasteiger partial charge < -0.3 is 20.3 Å². The van der Waals surface area contributed by atoms with Crippen molar-refractivity contribution in [2.75, 3.05) is 51.7 Å². The highest BCUT2D eigenvalue weighted by Gasteiger charge is 2.17. The molecule has 0 aliphatic rings. The van der Waals surface area contributed by atoms with Crippen LogP contribution in [-0.4, -0.2) is 47.8 Å². The molecule has 0 aliphatic heterocycles. The Labute approximate surface area is 168 Å². The lowest BCUT2D eigenvalue weighted by molar-refractivity contribution is -0.114. The summed E-state index contributed by atoms with van der Waals surface area (Å²) in [6, 6.07) is 16.4. The molecule has 2 rings (SSSR count). The van der Waals surface area contributed by atoms with Gasteiger partial charge in [0, 0.05) is 58.9 Å². The molecular formula is C23H31N3O2. The van der Waals surface area contributed by atoms with Crippen molar-refractivity contribution >= 4 is 22.9 Å². The Balaban J connectivity index is 2.58. The van der Waals surface area contributed by atoms with Crippen LogP contribution in [0.5, 0.6) is 0 Å². The predicted octanol–water partition coefficient (Wildman–Crippen LogP) is 3.53. The standard InChI is InChI=1S/C23H31N3O2/c1-25(2)19-12-8-17(9-13-19)22(21(23(24)27)7-6-16-28-5)18-10-14-20(15-11-18)26(3)4/h8-15H,6-7,16H2,1-5H3,(H2,24,27). The fourth-order valence-corrected chi connectivity index (χ4v) is 3.13. The number of carbonyl (C=O) groups is 1. The quantitative estimate of drug-likeness (QED) is 0.533. The summed E-state index contributed by atoms with van der Waals surface area (Å²) >= 11 is 0. The van der Waals surface area contributed by atoms with Crippen molar-refractivity contribution < 1.29 is 9.53 Å². The zero-order chi connectivity index (χ0) is 20.7. The van der Waals surface area contributed by atoms with Crippen LogP contribution in [0.4, 0.5) is 11.4 Å². The van der Waals surface area contributed by atoms with Crippen LogP contribution < -0.4 is 15.5 Å². The summed E-state index contributed by atoms with van der Waals surface area (Å²) in [4.78, 5) is 16.4. The van der Waals surface area contributed by atoms with Crippen LogP contribution in [0.2, 0.25) is 0 Å². The molecule has 0 aromatic heterocycles. The van der Waals surface area contributed by atoms with Gasteiger partial charge in [-0.25, -0.2) is 0 Å². The van der Waals surface area contributed by atoms with Crippen LogP contribution in [0.1, 0.15) is 24.0 Å². The number of hydrogen-bond donors (Lipinski definition) is 1. The highest BCUT2D eigenvalue weighted by Crippen LogP contribution is 2.31. The number of rotatable bonds is 9. The van der Waals surface area contributed by atoms with Crippen LogP contribution >= 0.6 is 0 Å². The van der Waals surface area contributed by atoms with Crippen molar-refractivity contribution in [3.05, 3.63) is 65.2 Å². The van der Waals surface area contributed by atoms with Crippen LogP contribution in [0, 0.1) is 0 Å². The van der Waals surface area contributed by atoms with E-state index in [4.69, 9.17) is 10.5 Å². The van der Waals surface area contributed by atoms with E-state index >= 15 is 0 Å². The first kappa shape index (κ1) is 21.5. The number of amides is 1. The lowest BCUT2D eigenvalue weighted by atomic mass is 9.90. The molecule has 0 radical (unpaired) electrons. The lowest BCUT2D eigenvalue weighted by Gasteiger charge is -2.18. The first-order valence-corrected chi connectivity index (χ1v) is 9.42. The minimum atomic E-state index is -0.389. The molecule has 0 spiro atoms. The van der Waals surface area contributed by atoms with Crippen molar-refractivity contribution in [1.29, 1.82) is 0 Å². The summed E-state index contributed by atoms with van der Waals surface area (Å²) in [6.07, 6.45) is 1.31. The Morgan fingerprint density at radius 3 is 1.61 bits per heavy atom. The largest absolute Gasteiger partial charge is 0.385 e. The summed E-state index contributed by atoms with van der Waals surface area (Å²) in [7, 11) is 9.68. The van der Waals surface area contributed by atoms with Gasteiger partial charge in [0.25, 0.3) is 0 Å². The number of primary amides is 1. The number of ether oxygens (including phenoxy) is 1. The molecule has 150 valence electrons. The minimum Gasteiger partial charge on any atom is -0.385 e. The highest BCUT2D eigenvalue weighted by molar-refractivity contribution is 6.04. The SMILES string of the molecule is COCCCC(C(N)=O)=C(c1ccc(N(C)C)cc1)c1ccc(N(C)C)cc1. The average Bonchev–Trinajstić information content (AvgIpc) is 2.67. The van der Waals surface area contributed by atoms with E-state index in [9.17, 15) is 4.79 Å². The first-order chi connectivity index (χ1) is 13.3. The second kappa shape index (κ2) is 9.95. The van der Waals surface area contributed by atoms with Gasteiger partial charge in [-0.2, -0.15) is 0 Å². The molecule has 1 amide bonds. The zero-order valence-corrected chi connectivity index (χ0v) is 17.5. The van der Waals surface area contributed by atoms with E-state index in [1.54, 1.807) is 7.11 Å². The van der Waals surface area contributed by atoms with Crippen molar-refractivity contribution in [3.63, 3.8) is 0 Å². The Hall–Kier alpha value is -2.79. The summed E-state index contributed by atoms with van der Waals surface area (Å²) in [5.74, 6) is -0.389. The average molecular weight is 382 g/mol. The van der Waals surface area contributed by atoms with Gasteiger partial charge in [-0.15, -0.1) is 0 Å². The van der Waals surface area contributed by atoms with Crippen molar-refractivity contribution in [3.8, 4) is 0 Å². The molecule has 0 unspecified atom stereocenters. The fraction of sp³-hybridized carbons (Fsp3) is 0.348. The third-order valence-electron chi connectivity index (χ3n) is 4.72. The number of benzene rings is 2. The van der Waals surface area contributed by atoms with E-state index in [2.05, 4.69) is 24.3 Å². The van der Waals surface area contributed by atoms with E-state index < -0.39 is 0 Å². The molecule has 5 nitrogen and oxygen atoms in total. The summed E-state index contributed by atoms with van der Waals surface area (Å²) in [6.45, 7) is 0.587. The second-order valence-electron chi connectivity index (χ2n) is 7.20.